The lowest BCUT2D eigenvalue weighted by atomic mass is 10.4. The van der Waals surface area contributed by atoms with E-state index in [1.165, 1.54) is 89.9 Å². The fourth-order valence-corrected chi connectivity index (χ4v) is 6.34. The first-order chi connectivity index (χ1) is 9.72. The third-order valence-electron chi connectivity index (χ3n) is 5.33. The SMILES string of the molecule is C=C[Si](C)(CCCN1CCCC1)CCCN1CCCC1. The lowest BCUT2D eigenvalue weighted by Crippen LogP contribution is -2.31. The average molecular weight is 295 g/mol. The van der Waals surface area contributed by atoms with E-state index in [0.717, 1.165) is 0 Å². The highest BCUT2D eigenvalue weighted by Crippen LogP contribution is 2.22. The zero-order valence-electron chi connectivity index (χ0n) is 13.6. The summed E-state index contributed by atoms with van der Waals surface area (Å²) in [6.07, 6.45) is 8.49. The van der Waals surface area contributed by atoms with Crippen LogP contribution in [0.4, 0.5) is 0 Å². The molecule has 0 radical (unpaired) electrons. The Morgan fingerprint density at radius 3 is 1.60 bits per heavy atom. The molecule has 0 amide bonds. The third kappa shape index (κ3) is 5.34. The van der Waals surface area contributed by atoms with Crippen molar-refractivity contribution in [3.05, 3.63) is 12.3 Å². The predicted molar refractivity (Wildman–Crippen MR) is 92.0 cm³/mol. The minimum Gasteiger partial charge on any atom is -0.303 e. The van der Waals surface area contributed by atoms with Gasteiger partial charge in [0.15, 0.2) is 0 Å². The van der Waals surface area contributed by atoms with Crippen LogP contribution in [-0.4, -0.2) is 57.1 Å². The minimum atomic E-state index is -1.16. The Balaban J connectivity index is 1.60. The Labute approximate surface area is 127 Å². The second-order valence-electron chi connectivity index (χ2n) is 7.16. The van der Waals surface area contributed by atoms with Crippen LogP contribution < -0.4 is 0 Å². The Bertz CT molecular complexity index is 259. The van der Waals surface area contributed by atoms with E-state index in [-0.39, 0.29) is 0 Å². The van der Waals surface area contributed by atoms with E-state index in [4.69, 9.17) is 0 Å². The Morgan fingerprint density at radius 1 is 0.850 bits per heavy atom. The summed E-state index contributed by atoms with van der Waals surface area (Å²) < 4.78 is 0. The standard InChI is InChI=1S/C17H34N2Si/c1-3-20(2,16-8-14-18-10-4-5-11-18)17-9-15-19-12-6-7-13-19/h3H,1,4-17H2,2H3. The highest BCUT2D eigenvalue weighted by molar-refractivity contribution is 6.83. The van der Waals surface area contributed by atoms with E-state index in [9.17, 15) is 0 Å². The Morgan fingerprint density at radius 2 is 1.25 bits per heavy atom. The number of hydrogen-bond acceptors (Lipinski definition) is 2. The van der Waals surface area contributed by atoms with Gasteiger partial charge in [0.05, 0.1) is 8.07 Å². The van der Waals surface area contributed by atoms with Crippen LogP contribution >= 0.6 is 0 Å². The molecular formula is C17H34N2Si. The van der Waals surface area contributed by atoms with Gasteiger partial charge < -0.3 is 9.80 Å². The first-order valence-corrected chi connectivity index (χ1v) is 11.8. The quantitative estimate of drug-likeness (QED) is 0.597. The van der Waals surface area contributed by atoms with Gasteiger partial charge in [-0.05, 0) is 77.8 Å². The van der Waals surface area contributed by atoms with Crippen LogP contribution in [0.25, 0.3) is 0 Å². The third-order valence-corrected chi connectivity index (χ3v) is 9.31. The topological polar surface area (TPSA) is 6.48 Å². The molecule has 0 bridgehead atoms. The van der Waals surface area contributed by atoms with Crippen molar-refractivity contribution in [1.82, 2.24) is 9.80 Å². The maximum Gasteiger partial charge on any atom is 0.0741 e. The molecule has 0 N–H and O–H groups in total. The smallest absolute Gasteiger partial charge is 0.0741 e. The van der Waals surface area contributed by atoms with Crippen LogP contribution in [0, 0.1) is 0 Å². The molecule has 20 heavy (non-hydrogen) atoms. The molecule has 2 saturated heterocycles. The summed E-state index contributed by atoms with van der Waals surface area (Å²) >= 11 is 0. The highest BCUT2D eigenvalue weighted by Gasteiger charge is 2.23. The van der Waals surface area contributed by atoms with Gasteiger partial charge in [0.1, 0.15) is 0 Å². The number of likely N-dealkylation sites (tertiary alicyclic amines) is 2. The summed E-state index contributed by atoms with van der Waals surface area (Å²) in [7, 11) is -1.16. The molecule has 0 aromatic heterocycles. The van der Waals surface area contributed by atoms with Crippen LogP contribution in [0.2, 0.25) is 18.6 Å². The van der Waals surface area contributed by atoms with Gasteiger partial charge in [0, 0.05) is 0 Å². The second-order valence-corrected chi connectivity index (χ2v) is 11.9. The molecular weight excluding hydrogens is 260 g/mol. The normalized spacial score (nSPS) is 21.6. The van der Waals surface area contributed by atoms with Crippen molar-refractivity contribution in [2.45, 2.75) is 57.2 Å². The van der Waals surface area contributed by atoms with Crippen molar-refractivity contribution in [1.29, 1.82) is 0 Å². The number of hydrogen-bond donors (Lipinski definition) is 0. The summed E-state index contributed by atoms with van der Waals surface area (Å²) in [4.78, 5) is 5.31. The minimum absolute atomic E-state index is 1.16. The molecule has 0 atom stereocenters. The maximum absolute atomic E-state index is 4.17. The van der Waals surface area contributed by atoms with Gasteiger partial charge in [-0.3, -0.25) is 0 Å². The molecule has 116 valence electrons. The van der Waals surface area contributed by atoms with Crippen molar-refractivity contribution in [3.63, 3.8) is 0 Å². The zero-order valence-corrected chi connectivity index (χ0v) is 14.6. The van der Waals surface area contributed by atoms with E-state index in [1.54, 1.807) is 0 Å². The molecule has 0 unspecified atom stereocenters. The van der Waals surface area contributed by atoms with E-state index in [2.05, 4.69) is 28.6 Å². The molecule has 2 fully saturated rings. The lowest BCUT2D eigenvalue weighted by molar-refractivity contribution is 0.336. The van der Waals surface area contributed by atoms with Crippen LogP contribution in [0.1, 0.15) is 38.5 Å². The molecule has 2 nitrogen and oxygen atoms in total. The van der Waals surface area contributed by atoms with E-state index >= 15 is 0 Å². The monoisotopic (exact) mass is 294 g/mol. The van der Waals surface area contributed by atoms with Gasteiger partial charge in [-0.1, -0.05) is 18.6 Å². The molecule has 2 aliphatic rings. The summed E-state index contributed by atoms with van der Waals surface area (Å²) in [6.45, 7) is 14.8. The fourth-order valence-electron chi connectivity index (χ4n) is 3.75. The molecule has 2 rings (SSSR count). The summed E-state index contributed by atoms with van der Waals surface area (Å²) in [6, 6.07) is 2.90. The molecule has 2 heterocycles. The molecule has 0 spiro atoms. The van der Waals surface area contributed by atoms with Crippen LogP contribution in [-0.2, 0) is 0 Å². The van der Waals surface area contributed by atoms with E-state index in [1.807, 2.05) is 0 Å². The largest absolute Gasteiger partial charge is 0.303 e. The fraction of sp³-hybridized carbons (Fsp3) is 0.882. The van der Waals surface area contributed by atoms with Gasteiger partial charge in [0.2, 0.25) is 0 Å². The summed E-state index contributed by atoms with van der Waals surface area (Å²) in [5.74, 6) is 0. The average Bonchev–Trinajstić information content (AvgIpc) is 3.12. The molecule has 0 saturated carbocycles. The van der Waals surface area contributed by atoms with Crippen LogP contribution in [0.3, 0.4) is 0 Å². The molecule has 0 aliphatic carbocycles. The van der Waals surface area contributed by atoms with Crippen molar-refractivity contribution in [2.24, 2.45) is 0 Å². The number of rotatable bonds is 9. The Hall–Kier alpha value is -0.123. The van der Waals surface area contributed by atoms with Gasteiger partial charge >= 0.3 is 0 Å². The van der Waals surface area contributed by atoms with Crippen molar-refractivity contribution < 1.29 is 0 Å². The first-order valence-electron chi connectivity index (χ1n) is 8.80. The van der Waals surface area contributed by atoms with Gasteiger partial charge in [-0.15, -0.1) is 12.3 Å². The second kappa shape index (κ2) is 8.35. The van der Waals surface area contributed by atoms with Gasteiger partial charge in [0.25, 0.3) is 0 Å². The Kier molecular flexibility index (Phi) is 6.79. The molecule has 3 heteroatoms. The van der Waals surface area contributed by atoms with Crippen molar-refractivity contribution in [3.8, 4) is 0 Å². The molecule has 0 aromatic rings. The zero-order chi connectivity index (χ0) is 14.3. The highest BCUT2D eigenvalue weighted by atomic mass is 28.3. The molecule has 2 aliphatic heterocycles. The number of nitrogens with zero attached hydrogens (tertiary/aromatic N) is 2. The van der Waals surface area contributed by atoms with Crippen molar-refractivity contribution in [2.75, 3.05) is 39.3 Å². The van der Waals surface area contributed by atoms with Crippen LogP contribution in [0.15, 0.2) is 12.3 Å². The molecule has 0 aromatic carbocycles. The van der Waals surface area contributed by atoms with Gasteiger partial charge in [-0.2, -0.15) is 0 Å². The lowest BCUT2D eigenvalue weighted by Gasteiger charge is -2.26. The van der Waals surface area contributed by atoms with E-state index < -0.39 is 8.07 Å². The maximum atomic E-state index is 4.17. The summed E-state index contributed by atoms with van der Waals surface area (Å²) in [5, 5.41) is 0. The van der Waals surface area contributed by atoms with Gasteiger partial charge in [-0.25, -0.2) is 0 Å². The van der Waals surface area contributed by atoms with Crippen molar-refractivity contribution >= 4 is 8.07 Å². The first kappa shape index (κ1) is 16.3. The summed E-state index contributed by atoms with van der Waals surface area (Å²) in [5.41, 5.74) is 2.36. The van der Waals surface area contributed by atoms with Crippen LogP contribution in [0.5, 0.6) is 0 Å². The predicted octanol–water partition coefficient (Wildman–Crippen LogP) is 3.76. The van der Waals surface area contributed by atoms with E-state index in [0.29, 0.717) is 0 Å².